The number of hydrogen-bond donors (Lipinski definition) is 4. The lowest BCUT2D eigenvalue weighted by Crippen LogP contribution is -2.35. The first-order valence-electron chi connectivity index (χ1n) is 5.33. The summed E-state index contributed by atoms with van der Waals surface area (Å²) in [6.07, 6.45) is -0.768. The Morgan fingerprint density at radius 3 is 2.40 bits per heavy atom. The number of aliphatic hydroxyl groups is 3. The van der Waals surface area contributed by atoms with E-state index in [2.05, 4.69) is 5.32 Å². The van der Waals surface area contributed by atoms with Crippen molar-refractivity contribution >= 4 is 5.91 Å². The van der Waals surface area contributed by atoms with Crippen LogP contribution in [0.1, 0.15) is 19.8 Å². The molecule has 0 aliphatic heterocycles. The molecule has 0 spiro atoms. The minimum absolute atomic E-state index is 0.0656. The number of rotatable bonds is 4. The second-order valence-corrected chi connectivity index (χ2v) is 4.08. The van der Waals surface area contributed by atoms with E-state index in [0.29, 0.717) is 19.4 Å². The van der Waals surface area contributed by atoms with Crippen molar-refractivity contribution in [3.63, 3.8) is 0 Å². The normalized spacial score (nSPS) is 35.5. The molecule has 5 nitrogen and oxygen atoms in total. The minimum Gasteiger partial charge on any atom is -0.396 e. The summed E-state index contributed by atoms with van der Waals surface area (Å²) in [6, 6.07) is 0. The van der Waals surface area contributed by atoms with Gasteiger partial charge in [-0.15, -0.1) is 0 Å². The molecule has 0 heterocycles. The fourth-order valence-electron chi connectivity index (χ4n) is 1.98. The summed E-state index contributed by atoms with van der Waals surface area (Å²) in [6.45, 7) is 1.99. The Kier molecular flexibility index (Phi) is 4.50. The van der Waals surface area contributed by atoms with Crippen LogP contribution in [0.5, 0.6) is 0 Å². The molecule has 0 radical (unpaired) electrons. The second kappa shape index (κ2) is 5.44. The molecule has 0 bridgehead atoms. The third kappa shape index (κ3) is 2.90. The summed E-state index contributed by atoms with van der Waals surface area (Å²) in [5.41, 5.74) is 0. The van der Waals surface area contributed by atoms with Crippen molar-refractivity contribution in [2.24, 2.45) is 11.8 Å². The van der Waals surface area contributed by atoms with Gasteiger partial charge in [-0.05, 0) is 6.42 Å². The molecule has 0 aromatic rings. The Labute approximate surface area is 89.1 Å². The fourth-order valence-corrected chi connectivity index (χ4v) is 1.98. The van der Waals surface area contributed by atoms with Crippen molar-refractivity contribution in [1.82, 2.24) is 5.32 Å². The lowest BCUT2D eigenvalue weighted by Gasteiger charge is -2.16. The molecule has 88 valence electrons. The Morgan fingerprint density at radius 1 is 1.33 bits per heavy atom. The summed E-state index contributed by atoms with van der Waals surface area (Å²) in [5, 5.41) is 30.8. The van der Waals surface area contributed by atoms with Crippen LogP contribution >= 0.6 is 0 Å². The van der Waals surface area contributed by atoms with Crippen molar-refractivity contribution in [3.8, 4) is 0 Å². The van der Waals surface area contributed by atoms with E-state index in [9.17, 15) is 15.0 Å². The summed E-state index contributed by atoms with van der Waals surface area (Å²) >= 11 is 0. The first-order chi connectivity index (χ1) is 7.10. The molecule has 15 heavy (non-hydrogen) atoms. The van der Waals surface area contributed by atoms with Gasteiger partial charge in [0.1, 0.15) is 0 Å². The number of hydrogen-bond acceptors (Lipinski definition) is 4. The van der Waals surface area contributed by atoms with Crippen LogP contribution in [0.2, 0.25) is 0 Å². The van der Waals surface area contributed by atoms with E-state index < -0.39 is 12.2 Å². The second-order valence-electron chi connectivity index (χ2n) is 4.08. The zero-order chi connectivity index (χ0) is 11.4. The van der Waals surface area contributed by atoms with Crippen LogP contribution in [0.25, 0.3) is 0 Å². The Morgan fingerprint density at radius 2 is 1.93 bits per heavy atom. The standard InChI is InChI=1S/C10H19NO4/c1-2-8(13)11-4-6-3-7(5-12)10(15)9(6)14/h6-7,9-10,12,14-15H,2-5H2,1H3,(H,11,13)/t6-,7-,9-,10-/m1/s1. The maximum Gasteiger partial charge on any atom is 0.219 e. The number of carbonyl (C=O) groups is 1. The van der Waals surface area contributed by atoms with Gasteiger partial charge >= 0.3 is 0 Å². The SMILES string of the molecule is CCC(=O)NC[C@H]1C[C@H](CO)[C@@H](O)[C@@H]1O. The average molecular weight is 217 g/mol. The molecule has 5 heteroatoms. The zero-order valence-electron chi connectivity index (χ0n) is 8.89. The van der Waals surface area contributed by atoms with E-state index in [4.69, 9.17) is 5.11 Å². The molecule has 0 aromatic heterocycles. The van der Waals surface area contributed by atoms with Gasteiger partial charge in [-0.1, -0.05) is 6.92 Å². The fraction of sp³-hybridized carbons (Fsp3) is 0.900. The van der Waals surface area contributed by atoms with E-state index in [1.54, 1.807) is 6.92 Å². The first kappa shape index (κ1) is 12.4. The molecule has 1 amide bonds. The van der Waals surface area contributed by atoms with Crippen molar-refractivity contribution < 1.29 is 20.1 Å². The lowest BCUT2D eigenvalue weighted by atomic mass is 10.0. The van der Waals surface area contributed by atoms with Gasteiger partial charge in [-0.2, -0.15) is 0 Å². The van der Waals surface area contributed by atoms with E-state index in [-0.39, 0.29) is 24.3 Å². The van der Waals surface area contributed by atoms with E-state index in [1.165, 1.54) is 0 Å². The van der Waals surface area contributed by atoms with Crippen LogP contribution in [-0.2, 0) is 4.79 Å². The smallest absolute Gasteiger partial charge is 0.219 e. The average Bonchev–Trinajstić information content (AvgIpc) is 2.52. The van der Waals surface area contributed by atoms with Gasteiger partial charge in [-0.3, -0.25) is 4.79 Å². The highest BCUT2D eigenvalue weighted by Gasteiger charge is 2.40. The van der Waals surface area contributed by atoms with Crippen LogP contribution in [-0.4, -0.2) is 46.6 Å². The third-order valence-electron chi connectivity index (χ3n) is 3.04. The molecule has 1 fully saturated rings. The van der Waals surface area contributed by atoms with Gasteiger partial charge in [0.2, 0.25) is 5.91 Å². The predicted molar refractivity (Wildman–Crippen MR) is 54.0 cm³/mol. The van der Waals surface area contributed by atoms with Crippen LogP contribution < -0.4 is 5.32 Å². The van der Waals surface area contributed by atoms with Crippen molar-refractivity contribution in [2.45, 2.75) is 32.0 Å². The summed E-state index contributed by atoms with van der Waals surface area (Å²) in [7, 11) is 0. The highest BCUT2D eigenvalue weighted by atomic mass is 16.3. The lowest BCUT2D eigenvalue weighted by molar-refractivity contribution is -0.121. The highest BCUT2D eigenvalue weighted by molar-refractivity contribution is 5.75. The summed E-state index contributed by atoms with van der Waals surface area (Å²) in [5.74, 6) is -0.500. The molecule has 0 aromatic carbocycles. The number of amides is 1. The van der Waals surface area contributed by atoms with Crippen molar-refractivity contribution in [1.29, 1.82) is 0 Å². The van der Waals surface area contributed by atoms with Gasteiger partial charge in [0.15, 0.2) is 0 Å². The monoisotopic (exact) mass is 217 g/mol. The van der Waals surface area contributed by atoms with Gasteiger partial charge in [0.05, 0.1) is 12.2 Å². The van der Waals surface area contributed by atoms with Crippen LogP contribution in [0.3, 0.4) is 0 Å². The predicted octanol–water partition coefficient (Wildman–Crippen LogP) is -1.14. The molecule has 0 unspecified atom stereocenters. The molecule has 0 saturated heterocycles. The molecule has 1 aliphatic rings. The molecule has 1 rings (SSSR count). The maximum absolute atomic E-state index is 11.0. The van der Waals surface area contributed by atoms with E-state index in [1.807, 2.05) is 0 Å². The molecular formula is C10H19NO4. The van der Waals surface area contributed by atoms with Gasteiger partial charge in [0.25, 0.3) is 0 Å². The Bertz CT molecular complexity index is 221. The van der Waals surface area contributed by atoms with Gasteiger partial charge in [-0.25, -0.2) is 0 Å². The zero-order valence-corrected chi connectivity index (χ0v) is 8.89. The largest absolute Gasteiger partial charge is 0.396 e. The summed E-state index contributed by atoms with van der Waals surface area (Å²) < 4.78 is 0. The number of aliphatic hydroxyl groups excluding tert-OH is 3. The molecule has 4 atom stereocenters. The van der Waals surface area contributed by atoms with E-state index >= 15 is 0 Å². The Balaban J connectivity index is 2.40. The van der Waals surface area contributed by atoms with Crippen LogP contribution in [0, 0.1) is 11.8 Å². The number of nitrogens with one attached hydrogen (secondary N) is 1. The number of carbonyl (C=O) groups excluding carboxylic acids is 1. The molecule has 4 N–H and O–H groups in total. The van der Waals surface area contributed by atoms with Crippen molar-refractivity contribution in [3.05, 3.63) is 0 Å². The van der Waals surface area contributed by atoms with Crippen LogP contribution in [0.15, 0.2) is 0 Å². The van der Waals surface area contributed by atoms with Crippen molar-refractivity contribution in [2.75, 3.05) is 13.2 Å². The maximum atomic E-state index is 11.0. The van der Waals surface area contributed by atoms with Gasteiger partial charge < -0.3 is 20.6 Å². The quantitative estimate of drug-likeness (QED) is 0.479. The summed E-state index contributed by atoms with van der Waals surface area (Å²) in [4.78, 5) is 11.0. The van der Waals surface area contributed by atoms with Gasteiger partial charge in [0, 0.05) is 31.4 Å². The third-order valence-corrected chi connectivity index (χ3v) is 3.04. The molecule has 1 saturated carbocycles. The van der Waals surface area contributed by atoms with E-state index in [0.717, 1.165) is 0 Å². The first-order valence-corrected chi connectivity index (χ1v) is 5.33. The Hall–Kier alpha value is -0.650. The molecular weight excluding hydrogens is 198 g/mol. The topological polar surface area (TPSA) is 89.8 Å². The highest BCUT2D eigenvalue weighted by Crippen LogP contribution is 2.30. The minimum atomic E-state index is -0.876. The van der Waals surface area contributed by atoms with Crippen LogP contribution in [0.4, 0.5) is 0 Å². The molecule has 1 aliphatic carbocycles.